The Kier molecular flexibility index (Phi) is 9.61. The lowest BCUT2D eigenvalue weighted by molar-refractivity contribution is 0.376. The minimum Gasteiger partial charge on any atom is -0.359 e. The summed E-state index contributed by atoms with van der Waals surface area (Å²) < 4.78 is 18.5. The second-order valence-corrected chi connectivity index (χ2v) is 6.32. The van der Waals surface area contributed by atoms with Crippen LogP contribution in [0.15, 0.2) is 33.8 Å². The lowest BCUT2D eigenvalue weighted by Gasteiger charge is -2.12. The van der Waals surface area contributed by atoms with Crippen molar-refractivity contribution in [3.63, 3.8) is 0 Å². The number of aromatic nitrogens is 1. The van der Waals surface area contributed by atoms with Gasteiger partial charge >= 0.3 is 0 Å². The maximum absolute atomic E-state index is 13.2. The Morgan fingerprint density at radius 3 is 2.65 bits per heavy atom. The number of benzene rings is 1. The number of nitrogens with one attached hydrogen (secondary N) is 2. The van der Waals surface area contributed by atoms with Gasteiger partial charge in [0.15, 0.2) is 11.7 Å². The van der Waals surface area contributed by atoms with Crippen LogP contribution in [0.1, 0.15) is 49.3 Å². The molecule has 26 heavy (non-hydrogen) atoms. The molecule has 0 saturated heterocycles. The van der Waals surface area contributed by atoms with Crippen LogP contribution < -0.4 is 10.6 Å². The Morgan fingerprint density at radius 1 is 1.27 bits per heavy atom. The maximum atomic E-state index is 13.2. The largest absolute Gasteiger partial charge is 0.359 e. The Hall–Kier alpha value is -1.64. The van der Waals surface area contributed by atoms with Crippen molar-refractivity contribution < 1.29 is 8.91 Å². The van der Waals surface area contributed by atoms with Crippen LogP contribution in [0.5, 0.6) is 0 Å². The highest BCUT2D eigenvalue weighted by atomic mass is 127. The Morgan fingerprint density at radius 2 is 2.04 bits per heavy atom. The second kappa shape index (κ2) is 11.2. The zero-order valence-electron chi connectivity index (χ0n) is 15.8. The van der Waals surface area contributed by atoms with E-state index in [0.717, 1.165) is 41.5 Å². The van der Waals surface area contributed by atoms with Gasteiger partial charge in [-0.15, -0.1) is 24.0 Å². The first kappa shape index (κ1) is 22.4. The monoisotopic (exact) mass is 474 g/mol. The number of aliphatic imine (C=N–C) groups is 1. The summed E-state index contributed by atoms with van der Waals surface area (Å²) in [6.07, 6.45) is 0.802. The van der Waals surface area contributed by atoms with Crippen molar-refractivity contribution in [2.45, 2.75) is 46.6 Å². The van der Waals surface area contributed by atoms with Gasteiger partial charge in [-0.05, 0) is 49.4 Å². The summed E-state index contributed by atoms with van der Waals surface area (Å²) in [6.45, 7) is 10.0. The van der Waals surface area contributed by atoms with E-state index in [4.69, 9.17) is 4.52 Å². The highest BCUT2D eigenvalue weighted by molar-refractivity contribution is 14.0. The summed E-state index contributed by atoms with van der Waals surface area (Å²) in [4.78, 5) is 4.52. The molecule has 0 aliphatic carbocycles. The molecule has 2 aromatic rings. The summed E-state index contributed by atoms with van der Waals surface area (Å²) >= 11 is 0. The number of halogens is 2. The molecule has 5 nitrogen and oxygen atoms in total. The second-order valence-electron chi connectivity index (χ2n) is 6.32. The van der Waals surface area contributed by atoms with E-state index in [1.165, 1.54) is 6.07 Å². The molecular formula is C19H28FIN4O. The highest BCUT2D eigenvalue weighted by Crippen LogP contribution is 2.14. The average Bonchev–Trinajstić information content (AvgIpc) is 3.04. The van der Waals surface area contributed by atoms with E-state index in [0.29, 0.717) is 19.0 Å². The Labute approximate surface area is 171 Å². The third kappa shape index (κ3) is 6.93. The highest BCUT2D eigenvalue weighted by Gasteiger charge is 2.07. The molecule has 1 heterocycles. The fourth-order valence-corrected chi connectivity index (χ4v) is 2.43. The van der Waals surface area contributed by atoms with Crippen molar-refractivity contribution >= 4 is 29.9 Å². The molecule has 0 radical (unpaired) electrons. The smallest absolute Gasteiger partial charge is 0.191 e. The zero-order valence-corrected chi connectivity index (χ0v) is 18.1. The van der Waals surface area contributed by atoms with Gasteiger partial charge in [0.25, 0.3) is 0 Å². The molecule has 0 atom stereocenters. The van der Waals surface area contributed by atoms with E-state index in [1.807, 2.05) is 26.0 Å². The molecule has 0 fully saturated rings. The predicted octanol–water partition coefficient (Wildman–Crippen LogP) is 4.16. The van der Waals surface area contributed by atoms with Gasteiger partial charge in [0, 0.05) is 19.2 Å². The van der Waals surface area contributed by atoms with E-state index in [1.54, 1.807) is 6.07 Å². The fraction of sp³-hybridized carbons (Fsp3) is 0.474. The molecule has 144 valence electrons. The summed E-state index contributed by atoms with van der Waals surface area (Å²) in [5.74, 6) is 1.61. The first-order chi connectivity index (χ1) is 12.0. The van der Waals surface area contributed by atoms with Crippen LogP contribution in [0.3, 0.4) is 0 Å². The standard InChI is InChI=1S/C19H27FN4O.HI/c1-5-21-19(23-12-17-11-18(13(2)3)24-25-17)22-9-8-15-6-7-16(20)10-14(15)4;/h6-7,10-11,13H,5,8-9,12H2,1-4H3,(H2,21,22,23);1H. The Balaban J connectivity index is 0.00000338. The van der Waals surface area contributed by atoms with Crippen LogP contribution in [0.2, 0.25) is 0 Å². The van der Waals surface area contributed by atoms with E-state index >= 15 is 0 Å². The van der Waals surface area contributed by atoms with Crippen molar-refractivity contribution in [1.82, 2.24) is 15.8 Å². The molecule has 0 aliphatic rings. The van der Waals surface area contributed by atoms with E-state index in [9.17, 15) is 4.39 Å². The number of hydrogen-bond acceptors (Lipinski definition) is 3. The summed E-state index contributed by atoms with van der Waals surface area (Å²) in [5, 5.41) is 10.5. The minimum atomic E-state index is -0.197. The predicted molar refractivity (Wildman–Crippen MR) is 114 cm³/mol. The van der Waals surface area contributed by atoms with E-state index < -0.39 is 0 Å². The van der Waals surface area contributed by atoms with Crippen LogP contribution >= 0.6 is 24.0 Å². The topological polar surface area (TPSA) is 62.5 Å². The molecule has 0 spiro atoms. The van der Waals surface area contributed by atoms with Crippen molar-refractivity contribution in [1.29, 1.82) is 0 Å². The van der Waals surface area contributed by atoms with Crippen molar-refractivity contribution in [3.05, 3.63) is 52.7 Å². The molecule has 0 saturated carbocycles. The Bertz CT molecular complexity index is 715. The quantitative estimate of drug-likeness (QED) is 0.360. The van der Waals surface area contributed by atoms with Gasteiger partial charge < -0.3 is 15.2 Å². The molecule has 0 unspecified atom stereocenters. The summed E-state index contributed by atoms with van der Waals surface area (Å²) in [5.41, 5.74) is 3.03. The number of guanidine groups is 1. The van der Waals surface area contributed by atoms with Gasteiger partial charge in [0.1, 0.15) is 12.4 Å². The third-order valence-electron chi connectivity index (χ3n) is 3.90. The third-order valence-corrected chi connectivity index (χ3v) is 3.90. The SMILES string of the molecule is CCNC(=NCc1cc(C(C)C)no1)NCCc1ccc(F)cc1C.I. The molecule has 2 N–H and O–H groups in total. The lowest BCUT2D eigenvalue weighted by Crippen LogP contribution is -2.38. The van der Waals surface area contributed by atoms with Gasteiger partial charge in [-0.3, -0.25) is 0 Å². The van der Waals surface area contributed by atoms with Crippen molar-refractivity contribution in [2.24, 2.45) is 4.99 Å². The van der Waals surface area contributed by atoms with E-state index in [-0.39, 0.29) is 29.8 Å². The summed E-state index contributed by atoms with van der Waals surface area (Å²) in [7, 11) is 0. The van der Waals surface area contributed by atoms with Gasteiger partial charge in [-0.1, -0.05) is 25.1 Å². The number of rotatable bonds is 7. The van der Waals surface area contributed by atoms with E-state index in [2.05, 4.69) is 34.6 Å². The molecule has 0 bridgehead atoms. The first-order valence-corrected chi connectivity index (χ1v) is 8.72. The minimum absolute atomic E-state index is 0. The average molecular weight is 474 g/mol. The number of nitrogens with zero attached hydrogens (tertiary/aromatic N) is 2. The summed E-state index contributed by atoms with van der Waals surface area (Å²) in [6, 6.07) is 6.83. The fourth-order valence-electron chi connectivity index (χ4n) is 2.43. The maximum Gasteiger partial charge on any atom is 0.191 e. The van der Waals surface area contributed by atoms with Crippen LogP contribution in [-0.2, 0) is 13.0 Å². The number of hydrogen-bond donors (Lipinski definition) is 2. The lowest BCUT2D eigenvalue weighted by atomic mass is 10.1. The normalized spacial score (nSPS) is 11.4. The van der Waals surface area contributed by atoms with Crippen LogP contribution in [0, 0.1) is 12.7 Å². The molecule has 7 heteroatoms. The molecular weight excluding hydrogens is 446 g/mol. The van der Waals surface area contributed by atoms with Crippen LogP contribution in [-0.4, -0.2) is 24.2 Å². The van der Waals surface area contributed by atoms with Crippen LogP contribution in [0.25, 0.3) is 0 Å². The van der Waals surface area contributed by atoms with Gasteiger partial charge in [-0.25, -0.2) is 9.38 Å². The van der Waals surface area contributed by atoms with Crippen molar-refractivity contribution in [2.75, 3.05) is 13.1 Å². The molecule has 2 rings (SSSR count). The van der Waals surface area contributed by atoms with Crippen molar-refractivity contribution in [3.8, 4) is 0 Å². The molecule has 0 amide bonds. The van der Waals surface area contributed by atoms with Crippen LogP contribution in [0.4, 0.5) is 4.39 Å². The molecule has 0 aliphatic heterocycles. The molecule has 1 aromatic heterocycles. The number of aryl methyl sites for hydroxylation is 1. The van der Waals surface area contributed by atoms with Gasteiger partial charge in [-0.2, -0.15) is 0 Å². The first-order valence-electron chi connectivity index (χ1n) is 8.72. The van der Waals surface area contributed by atoms with Gasteiger partial charge in [0.2, 0.25) is 0 Å². The molecule has 1 aromatic carbocycles. The van der Waals surface area contributed by atoms with Gasteiger partial charge in [0.05, 0.1) is 5.69 Å². The zero-order chi connectivity index (χ0) is 18.2.